The van der Waals surface area contributed by atoms with Crippen molar-refractivity contribution in [3.05, 3.63) is 53.6 Å². The van der Waals surface area contributed by atoms with Crippen LogP contribution in [0.2, 0.25) is 0 Å². The quantitative estimate of drug-likeness (QED) is 0.407. The molecule has 33 heavy (non-hydrogen) atoms. The molecule has 0 unspecified atom stereocenters. The van der Waals surface area contributed by atoms with Gasteiger partial charge in [0.2, 0.25) is 0 Å². The van der Waals surface area contributed by atoms with Crippen molar-refractivity contribution in [2.75, 3.05) is 4.90 Å². The Hall–Kier alpha value is -3.52. The number of benzene rings is 2. The van der Waals surface area contributed by atoms with Gasteiger partial charge in [0.15, 0.2) is 5.75 Å². The first-order chi connectivity index (χ1) is 15.0. The predicted octanol–water partition coefficient (Wildman–Crippen LogP) is 5.56. The first-order valence-corrected chi connectivity index (χ1v) is 8.35. The number of fused-ring (bicyclic) bond motifs is 1. The normalized spacial score (nSPS) is 15.0. The van der Waals surface area contributed by atoms with Crippen LogP contribution in [0.3, 0.4) is 0 Å². The number of nitrogens with zero attached hydrogens (tertiary/aromatic N) is 1. The number of rotatable bonds is 5. The molecule has 0 spiro atoms. The SMILES string of the molecule is O=C1c2ccccc2C(=O)N1c1cc(OC(F)(F)C(F)(F)F)ccc1OC(F)(F)C(F)(F)F. The smallest absolute Gasteiger partial charge is 0.426 e. The molecule has 0 saturated heterocycles. The summed E-state index contributed by atoms with van der Waals surface area (Å²) in [6.45, 7) is 0. The molecule has 2 aromatic rings. The van der Waals surface area contributed by atoms with E-state index < -0.39 is 53.6 Å². The van der Waals surface area contributed by atoms with Gasteiger partial charge in [-0.2, -0.15) is 43.9 Å². The summed E-state index contributed by atoms with van der Waals surface area (Å²) in [5.74, 6) is -5.55. The molecule has 1 aliphatic heterocycles. The summed E-state index contributed by atoms with van der Waals surface area (Å²) in [6.07, 6.45) is -24.2. The number of carbonyl (C=O) groups excluding carboxylic acids is 2. The van der Waals surface area contributed by atoms with Gasteiger partial charge in [-0.25, -0.2) is 4.90 Å². The summed E-state index contributed by atoms with van der Waals surface area (Å²) < 4.78 is 135. The van der Waals surface area contributed by atoms with Crippen LogP contribution in [-0.4, -0.2) is 36.4 Å². The van der Waals surface area contributed by atoms with Gasteiger partial charge in [-0.3, -0.25) is 9.59 Å². The van der Waals surface area contributed by atoms with E-state index >= 15 is 0 Å². The van der Waals surface area contributed by atoms with Gasteiger partial charge in [0.1, 0.15) is 5.75 Å². The van der Waals surface area contributed by atoms with Crippen LogP contribution < -0.4 is 14.4 Å². The summed E-state index contributed by atoms with van der Waals surface area (Å²) in [7, 11) is 0. The van der Waals surface area contributed by atoms with E-state index in [1.807, 2.05) is 0 Å². The Morgan fingerprint density at radius 1 is 0.636 bits per heavy atom. The number of hydrogen-bond acceptors (Lipinski definition) is 4. The fourth-order valence-corrected chi connectivity index (χ4v) is 2.63. The minimum Gasteiger partial charge on any atom is -0.426 e. The van der Waals surface area contributed by atoms with E-state index in [1.165, 1.54) is 12.1 Å². The van der Waals surface area contributed by atoms with Crippen molar-refractivity contribution in [1.29, 1.82) is 0 Å². The highest BCUT2D eigenvalue weighted by molar-refractivity contribution is 6.34. The van der Waals surface area contributed by atoms with Crippen molar-refractivity contribution >= 4 is 17.5 Å². The molecule has 0 atom stereocenters. The summed E-state index contributed by atoms with van der Waals surface area (Å²) in [4.78, 5) is 25.1. The third-order valence-electron chi connectivity index (χ3n) is 4.11. The van der Waals surface area contributed by atoms with Crippen LogP contribution >= 0.6 is 0 Å². The lowest BCUT2D eigenvalue weighted by Crippen LogP contribution is -2.43. The van der Waals surface area contributed by atoms with Crippen molar-refractivity contribution in [3.63, 3.8) is 0 Å². The first-order valence-electron chi connectivity index (χ1n) is 8.35. The van der Waals surface area contributed by atoms with E-state index in [1.54, 1.807) is 0 Å². The van der Waals surface area contributed by atoms with Gasteiger partial charge in [-0.1, -0.05) is 12.1 Å². The zero-order chi connectivity index (χ0) is 25.0. The van der Waals surface area contributed by atoms with Crippen molar-refractivity contribution in [2.45, 2.75) is 24.6 Å². The molecule has 1 heterocycles. The molecule has 0 aromatic heterocycles. The monoisotopic (exact) mass is 491 g/mol. The largest absolute Gasteiger partial charge is 0.499 e. The van der Waals surface area contributed by atoms with Crippen molar-refractivity contribution in [2.24, 2.45) is 0 Å². The molecule has 2 aromatic carbocycles. The lowest BCUT2D eigenvalue weighted by Gasteiger charge is -2.25. The zero-order valence-electron chi connectivity index (χ0n) is 15.4. The molecular weight excluding hydrogens is 484 g/mol. The zero-order valence-corrected chi connectivity index (χ0v) is 15.4. The third-order valence-corrected chi connectivity index (χ3v) is 4.11. The van der Waals surface area contributed by atoms with Crippen LogP contribution in [0.5, 0.6) is 11.5 Å². The highest BCUT2D eigenvalue weighted by Gasteiger charge is 2.62. The van der Waals surface area contributed by atoms with Crippen LogP contribution in [0.4, 0.5) is 49.6 Å². The molecule has 5 nitrogen and oxygen atoms in total. The minimum atomic E-state index is -6.29. The number of anilines is 1. The second-order valence-corrected chi connectivity index (χ2v) is 6.35. The molecule has 3 rings (SSSR count). The summed E-state index contributed by atoms with van der Waals surface area (Å²) in [5, 5.41) is 0. The Bertz CT molecular complexity index is 1080. The number of halogens is 10. The van der Waals surface area contributed by atoms with E-state index in [9.17, 15) is 53.5 Å². The van der Waals surface area contributed by atoms with Crippen LogP contribution in [0.15, 0.2) is 42.5 Å². The molecule has 15 heteroatoms. The summed E-state index contributed by atoms with van der Waals surface area (Å²) >= 11 is 0. The van der Waals surface area contributed by atoms with Crippen LogP contribution in [0.1, 0.15) is 20.7 Å². The second kappa shape index (κ2) is 7.52. The fraction of sp³-hybridized carbons (Fsp3) is 0.222. The van der Waals surface area contributed by atoms with Crippen molar-refractivity contribution < 1.29 is 63.0 Å². The number of amides is 2. The van der Waals surface area contributed by atoms with E-state index in [4.69, 9.17) is 0 Å². The maximum absolute atomic E-state index is 13.4. The molecule has 0 fully saturated rings. The topological polar surface area (TPSA) is 55.8 Å². The van der Waals surface area contributed by atoms with Gasteiger partial charge in [0.05, 0.1) is 16.8 Å². The molecule has 0 saturated carbocycles. The van der Waals surface area contributed by atoms with Crippen LogP contribution in [0.25, 0.3) is 0 Å². The summed E-state index contributed by atoms with van der Waals surface area (Å²) in [5.41, 5.74) is -1.98. The maximum atomic E-state index is 13.4. The number of imide groups is 1. The third kappa shape index (κ3) is 4.26. The lowest BCUT2D eigenvalue weighted by molar-refractivity contribution is -0.361. The Morgan fingerprint density at radius 3 is 1.55 bits per heavy atom. The van der Waals surface area contributed by atoms with Gasteiger partial charge in [0, 0.05) is 6.07 Å². The van der Waals surface area contributed by atoms with Gasteiger partial charge >= 0.3 is 24.6 Å². The fourth-order valence-electron chi connectivity index (χ4n) is 2.63. The van der Waals surface area contributed by atoms with Gasteiger partial charge < -0.3 is 9.47 Å². The van der Waals surface area contributed by atoms with Crippen LogP contribution in [0, 0.1) is 0 Å². The van der Waals surface area contributed by atoms with Gasteiger partial charge in [-0.05, 0) is 24.3 Å². The molecule has 0 aliphatic carbocycles. The molecule has 2 amide bonds. The Labute approximate surface area is 176 Å². The molecule has 178 valence electrons. The molecule has 0 bridgehead atoms. The molecule has 0 radical (unpaired) electrons. The Kier molecular flexibility index (Phi) is 5.50. The Balaban J connectivity index is 2.13. The van der Waals surface area contributed by atoms with E-state index in [0.29, 0.717) is 0 Å². The number of ether oxygens (including phenoxy) is 2. The summed E-state index contributed by atoms with van der Waals surface area (Å²) in [6, 6.07) is 5.03. The molecule has 1 aliphatic rings. The average molecular weight is 491 g/mol. The number of hydrogen-bond donors (Lipinski definition) is 0. The second-order valence-electron chi connectivity index (χ2n) is 6.35. The van der Waals surface area contributed by atoms with Gasteiger partial charge in [0.25, 0.3) is 11.8 Å². The first kappa shape index (κ1) is 24.1. The highest BCUT2D eigenvalue weighted by atomic mass is 19.4. The van der Waals surface area contributed by atoms with Crippen LogP contribution in [-0.2, 0) is 0 Å². The van der Waals surface area contributed by atoms with Crippen molar-refractivity contribution in [3.8, 4) is 11.5 Å². The van der Waals surface area contributed by atoms with E-state index in [2.05, 4.69) is 9.47 Å². The highest BCUT2D eigenvalue weighted by Crippen LogP contribution is 2.45. The standard InChI is InChI=1S/C18H7F10NO4/c19-15(20,21)17(25,26)32-8-5-6-12(33-18(27,28)16(22,23)24)11(7-8)29-13(30)9-3-1-2-4-10(9)14(29)31/h1-7H. The van der Waals surface area contributed by atoms with E-state index in [0.717, 1.165) is 12.1 Å². The van der Waals surface area contributed by atoms with E-state index in [-0.39, 0.29) is 34.2 Å². The molecular formula is C18H7F10NO4. The molecule has 0 N–H and O–H groups in total. The van der Waals surface area contributed by atoms with Gasteiger partial charge in [-0.15, -0.1) is 0 Å². The minimum absolute atomic E-state index is 0.0228. The Morgan fingerprint density at radius 2 is 1.09 bits per heavy atom. The number of alkyl halides is 10. The lowest BCUT2D eigenvalue weighted by atomic mass is 10.1. The average Bonchev–Trinajstić information content (AvgIpc) is 2.92. The maximum Gasteiger partial charge on any atom is 0.499 e. The predicted molar refractivity (Wildman–Crippen MR) is 87.3 cm³/mol. The van der Waals surface area contributed by atoms with Crippen molar-refractivity contribution in [1.82, 2.24) is 0 Å². The number of carbonyl (C=O) groups is 2.